The first kappa shape index (κ1) is 32.1. The average Bonchev–Trinajstić information content (AvgIpc) is 2.86. The zero-order chi connectivity index (χ0) is 27.8. The molecule has 0 bridgehead atoms. The number of rotatable bonds is 15. The van der Waals surface area contributed by atoms with Crippen LogP contribution in [0.4, 0.5) is 0 Å². The number of carbonyl (C=O) groups is 1. The molecule has 0 unspecified atom stereocenters. The largest absolute Gasteiger partial charge is 0.408 e. The van der Waals surface area contributed by atoms with Gasteiger partial charge in [-0.15, -0.1) is 0 Å². The zero-order valence-corrected chi connectivity index (χ0v) is 25.3. The highest BCUT2D eigenvalue weighted by molar-refractivity contribution is 6.77. The second-order valence-electron chi connectivity index (χ2n) is 11.4. The monoisotopic (exact) mass is 538 g/mol. The van der Waals surface area contributed by atoms with E-state index in [4.69, 9.17) is 23.4 Å². The number of aliphatic hydroxyl groups excluding tert-OH is 1. The standard InChI is InChI=1S/C29H50O7Si/c1-19(2)37(20(3)4,21(5)6)36-25(17-33-18-32-9)28-23(8)29(26(31)27(35-28)22(7)15-30)34-16-24-13-11-10-12-14-24/h10-15,19-23,25-29,31H,16-18H2,1-9H3/t22-,23-,25-,26-,27-,28+,29+/m1/s1. The number of carbonyl (C=O) groups excluding carboxylic acids is 1. The molecule has 7 nitrogen and oxygen atoms in total. The van der Waals surface area contributed by atoms with Crippen molar-refractivity contribution in [2.45, 2.75) is 109 Å². The van der Waals surface area contributed by atoms with Crippen LogP contribution in [-0.2, 0) is 34.8 Å². The second kappa shape index (κ2) is 14.9. The van der Waals surface area contributed by atoms with Crippen molar-refractivity contribution < 1.29 is 33.3 Å². The molecule has 37 heavy (non-hydrogen) atoms. The number of hydrogen-bond donors (Lipinski definition) is 1. The molecule has 7 atom stereocenters. The van der Waals surface area contributed by atoms with Crippen LogP contribution in [0.5, 0.6) is 0 Å². The maximum absolute atomic E-state index is 11.8. The summed E-state index contributed by atoms with van der Waals surface area (Å²) in [6, 6.07) is 9.89. The van der Waals surface area contributed by atoms with Crippen LogP contribution in [0, 0.1) is 11.8 Å². The van der Waals surface area contributed by atoms with Gasteiger partial charge in [-0.1, -0.05) is 85.7 Å². The number of aliphatic hydroxyl groups is 1. The Hall–Kier alpha value is -1.13. The number of methoxy groups -OCH3 is 1. The van der Waals surface area contributed by atoms with Gasteiger partial charge < -0.3 is 33.3 Å². The molecule has 1 aromatic carbocycles. The Bertz CT molecular complexity index is 766. The van der Waals surface area contributed by atoms with Crippen LogP contribution < -0.4 is 0 Å². The van der Waals surface area contributed by atoms with Crippen molar-refractivity contribution in [3.05, 3.63) is 35.9 Å². The quantitative estimate of drug-likeness (QED) is 0.139. The first-order chi connectivity index (χ1) is 17.5. The van der Waals surface area contributed by atoms with Crippen LogP contribution in [0.1, 0.15) is 61.0 Å². The van der Waals surface area contributed by atoms with E-state index in [0.717, 1.165) is 11.8 Å². The summed E-state index contributed by atoms with van der Waals surface area (Å²) >= 11 is 0. The van der Waals surface area contributed by atoms with Crippen molar-refractivity contribution in [1.29, 1.82) is 0 Å². The summed E-state index contributed by atoms with van der Waals surface area (Å²) in [5, 5.41) is 11.3. The zero-order valence-electron chi connectivity index (χ0n) is 24.3. The Morgan fingerprint density at radius 2 is 1.59 bits per heavy atom. The lowest BCUT2D eigenvalue weighted by molar-refractivity contribution is -0.245. The van der Waals surface area contributed by atoms with Crippen LogP contribution in [0.3, 0.4) is 0 Å². The Morgan fingerprint density at radius 3 is 2.11 bits per heavy atom. The molecule has 212 valence electrons. The minimum Gasteiger partial charge on any atom is -0.408 e. The fourth-order valence-corrected chi connectivity index (χ4v) is 11.7. The smallest absolute Gasteiger partial charge is 0.201 e. The topological polar surface area (TPSA) is 83.5 Å². The van der Waals surface area contributed by atoms with Gasteiger partial charge >= 0.3 is 0 Å². The molecule has 0 amide bonds. The maximum Gasteiger partial charge on any atom is 0.201 e. The van der Waals surface area contributed by atoms with E-state index in [1.807, 2.05) is 37.3 Å². The molecular formula is C29H50O7Si. The van der Waals surface area contributed by atoms with Gasteiger partial charge in [0.25, 0.3) is 0 Å². The van der Waals surface area contributed by atoms with Gasteiger partial charge in [-0.2, -0.15) is 0 Å². The Morgan fingerprint density at radius 1 is 1.00 bits per heavy atom. The normalized spacial score (nSPS) is 26.6. The maximum atomic E-state index is 11.8. The molecule has 1 fully saturated rings. The summed E-state index contributed by atoms with van der Waals surface area (Å²) in [6.07, 6.45) is -2.19. The first-order valence-electron chi connectivity index (χ1n) is 13.7. The van der Waals surface area contributed by atoms with Gasteiger partial charge in [0.2, 0.25) is 8.32 Å². The fourth-order valence-electron chi connectivity index (χ4n) is 6.14. The molecule has 1 aliphatic heterocycles. The fraction of sp³-hybridized carbons (Fsp3) is 0.759. The molecule has 1 aliphatic rings. The predicted octanol–water partition coefficient (Wildman–Crippen LogP) is 5.35. The second-order valence-corrected chi connectivity index (χ2v) is 16.8. The summed E-state index contributed by atoms with van der Waals surface area (Å²) in [5.41, 5.74) is 2.14. The van der Waals surface area contributed by atoms with E-state index < -0.39 is 44.8 Å². The van der Waals surface area contributed by atoms with E-state index in [9.17, 15) is 9.90 Å². The van der Waals surface area contributed by atoms with E-state index in [-0.39, 0.29) is 19.3 Å². The molecule has 0 aliphatic carbocycles. The van der Waals surface area contributed by atoms with Crippen LogP contribution in [0.15, 0.2) is 30.3 Å². The summed E-state index contributed by atoms with van der Waals surface area (Å²) in [5.74, 6) is -0.709. The molecule has 1 heterocycles. The van der Waals surface area contributed by atoms with Crippen LogP contribution in [-0.4, -0.2) is 70.7 Å². The SMILES string of the molecule is COCOC[C@@H](O[Si](C(C)C)(C(C)C)C(C)C)[C@H]1O[C@H]([C@H](C)C=O)[C@@H](O)[C@@H](OCc2ccccc2)[C@@H]1C. The van der Waals surface area contributed by atoms with Crippen molar-refractivity contribution >= 4 is 14.6 Å². The summed E-state index contributed by atoms with van der Waals surface area (Å²) < 4.78 is 31.1. The van der Waals surface area contributed by atoms with E-state index in [2.05, 4.69) is 41.5 Å². The van der Waals surface area contributed by atoms with Crippen LogP contribution in [0.2, 0.25) is 16.6 Å². The number of aldehydes is 1. The molecular weight excluding hydrogens is 488 g/mol. The first-order valence-corrected chi connectivity index (χ1v) is 15.8. The van der Waals surface area contributed by atoms with Gasteiger partial charge in [-0.3, -0.25) is 0 Å². The van der Waals surface area contributed by atoms with Gasteiger partial charge in [0.05, 0.1) is 37.6 Å². The lowest BCUT2D eigenvalue weighted by Gasteiger charge is -2.51. The molecule has 2 rings (SSSR count). The Kier molecular flexibility index (Phi) is 12.9. The van der Waals surface area contributed by atoms with Crippen molar-refractivity contribution in [2.24, 2.45) is 11.8 Å². The molecule has 0 spiro atoms. The predicted molar refractivity (Wildman–Crippen MR) is 148 cm³/mol. The van der Waals surface area contributed by atoms with E-state index >= 15 is 0 Å². The van der Waals surface area contributed by atoms with Gasteiger partial charge in [0.15, 0.2) is 0 Å². The van der Waals surface area contributed by atoms with Gasteiger partial charge in [0.1, 0.15) is 19.2 Å². The van der Waals surface area contributed by atoms with E-state index in [1.54, 1.807) is 14.0 Å². The minimum absolute atomic E-state index is 0.144. The Balaban J connectivity index is 2.45. The number of hydrogen-bond acceptors (Lipinski definition) is 7. The summed E-state index contributed by atoms with van der Waals surface area (Å²) in [4.78, 5) is 11.8. The number of benzene rings is 1. The Labute approximate surface area is 225 Å². The van der Waals surface area contributed by atoms with Crippen molar-refractivity contribution in [1.82, 2.24) is 0 Å². The third-order valence-corrected chi connectivity index (χ3v) is 14.1. The van der Waals surface area contributed by atoms with Crippen LogP contribution in [0.25, 0.3) is 0 Å². The number of ether oxygens (including phenoxy) is 4. The van der Waals surface area contributed by atoms with Crippen molar-refractivity contribution in [2.75, 3.05) is 20.5 Å². The molecule has 8 heteroatoms. The van der Waals surface area contributed by atoms with Crippen LogP contribution >= 0.6 is 0 Å². The molecule has 0 radical (unpaired) electrons. The van der Waals surface area contributed by atoms with Crippen molar-refractivity contribution in [3.63, 3.8) is 0 Å². The molecule has 1 saturated heterocycles. The minimum atomic E-state index is -2.31. The highest BCUT2D eigenvalue weighted by Gasteiger charge is 2.52. The third kappa shape index (κ3) is 7.72. The molecule has 1 N–H and O–H groups in total. The lowest BCUT2D eigenvalue weighted by Crippen LogP contribution is -2.62. The highest BCUT2D eigenvalue weighted by Crippen LogP contribution is 2.45. The van der Waals surface area contributed by atoms with Crippen molar-refractivity contribution in [3.8, 4) is 0 Å². The summed E-state index contributed by atoms with van der Waals surface area (Å²) in [7, 11) is -0.712. The van der Waals surface area contributed by atoms with Gasteiger partial charge in [0, 0.05) is 18.9 Å². The third-order valence-electron chi connectivity index (χ3n) is 7.95. The average molecular weight is 539 g/mol. The van der Waals surface area contributed by atoms with Gasteiger partial charge in [-0.25, -0.2) is 0 Å². The molecule has 0 aromatic heterocycles. The van der Waals surface area contributed by atoms with E-state index in [0.29, 0.717) is 23.2 Å². The van der Waals surface area contributed by atoms with Gasteiger partial charge in [-0.05, 0) is 22.2 Å². The lowest BCUT2D eigenvalue weighted by atomic mass is 9.82. The summed E-state index contributed by atoms with van der Waals surface area (Å²) in [6.45, 7) is 18.1. The molecule has 1 aromatic rings. The highest BCUT2D eigenvalue weighted by atomic mass is 28.4. The van der Waals surface area contributed by atoms with E-state index in [1.165, 1.54) is 0 Å². The molecule has 0 saturated carbocycles.